The van der Waals surface area contributed by atoms with E-state index in [4.69, 9.17) is 0 Å². The molecule has 4 heteroatoms. The Bertz CT molecular complexity index is 557. The second kappa shape index (κ2) is 7.22. The van der Waals surface area contributed by atoms with Gasteiger partial charge in [-0.05, 0) is 19.0 Å². The van der Waals surface area contributed by atoms with E-state index in [2.05, 4.69) is 17.2 Å². The van der Waals surface area contributed by atoms with Gasteiger partial charge in [0.2, 0.25) is 0 Å². The van der Waals surface area contributed by atoms with E-state index in [-0.39, 0.29) is 5.75 Å². The van der Waals surface area contributed by atoms with Gasteiger partial charge in [0.15, 0.2) is 0 Å². The molecule has 0 radical (unpaired) electrons. The van der Waals surface area contributed by atoms with Crippen LogP contribution in [0.15, 0.2) is 30.5 Å². The number of hydrogen-bond donors (Lipinski definition) is 3. The number of benzene rings is 1. The van der Waals surface area contributed by atoms with Gasteiger partial charge in [-0.1, -0.05) is 44.4 Å². The predicted octanol–water partition coefficient (Wildman–Crippen LogP) is 3.10. The predicted molar refractivity (Wildman–Crippen MR) is 80.5 cm³/mol. The van der Waals surface area contributed by atoms with Crippen LogP contribution in [-0.4, -0.2) is 21.7 Å². The highest BCUT2D eigenvalue weighted by molar-refractivity contribution is 5.85. The number of aliphatic hydroxyl groups excluding tert-OH is 1. The Morgan fingerprint density at radius 1 is 1.20 bits per heavy atom. The first-order valence-electron chi connectivity index (χ1n) is 7.22. The van der Waals surface area contributed by atoms with Crippen LogP contribution in [0.4, 0.5) is 0 Å². The van der Waals surface area contributed by atoms with Gasteiger partial charge in [0.05, 0.1) is 0 Å². The summed E-state index contributed by atoms with van der Waals surface area (Å²) in [6.07, 6.45) is 5.36. The van der Waals surface area contributed by atoms with Crippen molar-refractivity contribution < 1.29 is 10.2 Å². The van der Waals surface area contributed by atoms with E-state index in [1.165, 1.54) is 12.8 Å². The lowest BCUT2D eigenvalue weighted by Gasteiger charge is -2.15. The van der Waals surface area contributed by atoms with Crippen molar-refractivity contribution >= 4 is 10.9 Å². The van der Waals surface area contributed by atoms with Crippen LogP contribution in [0.5, 0.6) is 5.75 Å². The Labute approximate surface area is 119 Å². The molecule has 1 unspecified atom stereocenters. The molecule has 20 heavy (non-hydrogen) atoms. The molecule has 0 aliphatic carbocycles. The molecule has 0 bridgehead atoms. The van der Waals surface area contributed by atoms with Gasteiger partial charge in [-0.3, -0.25) is 10.3 Å². The third-order valence-corrected chi connectivity index (χ3v) is 3.44. The molecule has 0 saturated carbocycles. The number of hydrogen-bond acceptors (Lipinski definition) is 4. The Hall–Kier alpha value is -1.65. The Morgan fingerprint density at radius 2 is 2.05 bits per heavy atom. The van der Waals surface area contributed by atoms with Crippen molar-refractivity contribution in [2.24, 2.45) is 0 Å². The molecule has 1 atom stereocenters. The van der Waals surface area contributed by atoms with Crippen LogP contribution < -0.4 is 5.32 Å². The van der Waals surface area contributed by atoms with E-state index < -0.39 is 6.23 Å². The van der Waals surface area contributed by atoms with E-state index in [1.54, 1.807) is 12.3 Å². The number of nitrogens with zero attached hydrogens (tertiary/aromatic N) is 1. The first-order valence-corrected chi connectivity index (χ1v) is 7.22. The maximum absolute atomic E-state index is 10.2. The van der Waals surface area contributed by atoms with Crippen LogP contribution in [0, 0.1) is 0 Å². The summed E-state index contributed by atoms with van der Waals surface area (Å²) in [5.41, 5.74) is 1.00. The van der Waals surface area contributed by atoms with Crippen LogP contribution in [0.25, 0.3) is 10.9 Å². The monoisotopic (exact) mass is 274 g/mol. The number of fused-ring (bicyclic) bond motifs is 1. The summed E-state index contributed by atoms with van der Waals surface area (Å²) in [6.45, 7) is 2.91. The third-order valence-electron chi connectivity index (χ3n) is 3.44. The second-order valence-corrected chi connectivity index (χ2v) is 5.00. The van der Waals surface area contributed by atoms with Gasteiger partial charge in [0, 0.05) is 17.1 Å². The highest BCUT2D eigenvalue weighted by Gasteiger charge is 2.14. The van der Waals surface area contributed by atoms with E-state index >= 15 is 0 Å². The first kappa shape index (κ1) is 14.8. The smallest absolute Gasteiger partial charge is 0.148 e. The minimum atomic E-state index is -0.858. The Morgan fingerprint density at radius 3 is 2.85 bits per heavy atom. The van der Waals surface area contributed by atoms with Gasteiger partial charge in [0.1, 0.15) is 17.5 Å². The van der Waals surface area contributed by atoms with Gasteiger partial charge >= 0.3 is 0 Å². The molecule has 1 aromatic heterocycles. The summed E-state index contributed by atoms with van der Waals surface area (Å²) in [7, 11) is 0. The van der Waals surface area contributed by atoms with Crippen LogP contribution >= 0.6 is 0 Å². The molecule has 1 aromatic carbocycles. The average molecular weight is 274 g/mol. The van der Waals surface area contributed by atoms with Crippen molar-refractivity contribution in [3.8, 4) is 5.75 Å². The van der Waals surface area contributed by atoms with E-state index in [0.29, 0.717) is 11.1 Å². The number of aliphatic hydroxyl groups is 1. The fourth-order valence-electron chi connectivity index (χ4n) is 2.27. The van der Waals surface area contributed by atoms with Crippen molar-refractivity contribution in [3.05, 3.63) is 36.0 Å². The Kier molecular flexibility index (Phi) is 5.32. The number of aromatic hydroxyl groups is 1. The minimum Gasteiger partial charge on any atom is -0.505 e. The van der Waals surface area contributed by atoms with Crippen molar-refractivity contribution in [2.75, 3.05) is 6.54 Å². The lowest BCUT2D eigenvalue weighted by Crippen LogP contribution is -2.22. The summed E-state index contributed by atoms with van der Waals surface area (Å²) in [6, 6.07) is 7.31. The molecule has 0 amide bonds. The quantitative estimate of drug-likeness (QED) is 0.536. The summed E-state index contributed by atoms with van der Waals surface area (Å²) in [4.78, 5) is 4.16. The highest BCUT2D eigenvalue weighted by Crippen LogP contribution is 2.30. The van der Waals surface area contributed by atoms with Crippen LogP contribution in [-0.2, 0) is 0 Å². The Balaban J connectivity index is 2.03. The summed E-state index contributed by atoms with van der Waals surface area (Å²) >= 11 is 0. The molecule has 0 aliphatic rings. The second-order valence-electron chi connectivity index (χ2n) is 5.00. The van der Waals surface area contributed by atoms with Gasteiger partial charge < -0.3 is 10.2 Å². The number of unbranched alkanes of at least 4 members (excludes halogenated alkanes) is 3. The summed E-state index contributed by atoms with van der Waals surface area (Å²) in [5.74, 6) is 0.0525. The van der Waals surface area contributed by atoms with E-state index in [9.17, 15) is 10.2 Å². The first-order chi connectivity index (χ1) is 9.74. The maximum atomic E-state index is 10.2. The van der Waals surface area contributed by atoms with Crippen LogP contribution in [0.3, 0.4) is 0 Å². The molecular formula is C16H22N2O2. The lowest BCUT2D eigenvalue weighted by molar-refractivity contribution is 0.136. The molecular weight excluding hydrogens is 252 g/mol. The summed E-state index contributed by atoms with van der Waals surface area (Å²) < 4.78 is 0. The fourth-order valence-corrected chi connectivity index (χ4v) is 2.27. The molecule has 2 aromatic rings. The molecule has 0 aliphatic heterocycles. The molecule has 1 heterocycles. The molecule has 4 nitrogen and oxygen atoms in total. The van der Waals surface area contributed by atoms with Crippen LogP contribution in [0.2, 0.25) is 0 Å². The highest BCUT2D eigenvalue weighted by atomic mass is 16.3. The zero-order valence-corrected chi connectivity index (χ0v) is 11.8. The zero-order chi connectivity index (χ0) is 14.4. The van der Waals surface area contributed by atoms with Gasteiger partial charge in [-0.25, -0.2) is 0 Å². The average Bonchev–Trinajstić information content (AvgIpc) is 2.47. The number of rotatable bonds is 7. The van der Waals surface area contributed by atoms with E-state index in [1.807, 2.05) is 18.2 Å². The normalized spacial score (nSPS) is 12.7. The lowest BCUT2D eigenvalue weighted by atomic mass is 10.1. The number of phenols is 1. The van der Waals surface area contributed by atoms with Crippen molar-refractivity contribution in [1.29, 1.82) is 0 Å². The third kappa shape index (κ3) is 3.46. The standard InChI is InChI=1S/C16H22N2O2/c1-2-3-4-5-10-18-16(20)13-9-8-12-7-6-11-17-14(12)15(13)19/h6-9,11,16,18-20H,2-5,10H2,1H3. The van der Waals surface area contributed by atoms with Gasteiger partial charge in [-0.15, -0.1) is 0 Å². The molecule has 3 N–H and O–H groups in total. The SMILES string of the molecule is CCCCCCNC(O)c1ccc2cccnc2c1O. The largest absolute Gasteiger partial charge is 0.505 e. The number of pyridine rings is 1. The number of aromatic nitrogens is 1. The van der Waals surface area contributed by atoms with Crippen molar-refractivity contribution in [1.82, 2.24) is 10.3 Å². The maximum Gasteiger partial charge on any atom is 0.148 e. The topological polar surface area (TPSA) is 65.4 Å². The van der Waals surface area contributed by atoms with Gasteiger partial charge in [0.25, 0.3) is 0 Å². The summed E-state index contributed by atoms with van der Waals surface area (Å²) in [5, 5.41) is 24.2. The molecule has 0 saturated heterocycles. The molecule has 2 rings (SSSR count). The zero-order valence-electron chi connectivity index (χ0n) is 11.8. The molecule has 108 valence electrons. The van der Waals surface area contributed by atoms with Gasteiger partial charge in [-0.2, -0.15) is 0 Å². The fraction of sp³-hybridized carbons (Fsp3) is 0.438. The molecule has 0 spiro atoms. The minimum absolute atomic E-state index is 0.0525. The number of nitrogens with one attached hydrogen (secondary N) is 1. The van der Waals surface area contributed by atoms with E-state index in [0.717, 1.165) is 24.8 Å². The number of phenolic OH excluding ortho intramolecular Hbond substituents is 1. The van der Waals surface area contributed by atoms with Crippen molar-refractivity contribution in [2.45, 2.75) is 38.8 Å². The van der Waals surface area contributed by atoms with Crippen LogP contribution in [0.1, 0.15) is 44.4 Å². The molecule has 0 fully saturated rings. The van der Waals surface area contributed by atoms with Crippen molar-refractivity contribution in [3.63, 3.8) is 0 Å².